The lowest BCUT2D eigenvalue weighted by atomic mass is 10.2. The molecule has 1 aromatic heterocycles. The SMILES string of the molecule is COCCOCCCn1c(CCl)nc2c(C#N)cccc21. The molecule has 0 saturated heterocycles. The Morgan fingerprint density at radius 1 is 1.33 bits per heavy atom. The molecule has 0 aliphatic heterocycles. The van der Waals surface area contributed by atoms with Crippen LogP contribution in [0.25, 0.3) is 11.0 Å². The van der Waals surface area contributed by atoms with Crippen molar-refractivity contribution in [3.63, 3.8) is 0 Å². The van der Waals surface area contributed by atoms with E-state index >= 15 is 0 Å². The largest absolute Gasteiger partial charge is 0.382 e. The minimum atomic E-state index is 0.323. The summed E-state index contributed by atoms with van der Waals surface area (Å²) < 4.78 is 12.4. The fourth-order valence-electron chi connectivity index (χ4n) is 2.21. The third-order valence-electron chi connectivity index (χ3n) is 3.20. The standard InChI is InChI=1S/C15H18ClN3O2/c1-20-8-9-21-7-3-6-19-13-5-2-4-12(11-17)15(13)18-14(19)10-16/h2,4-5H,3,6-10H2,1H3. The van der Waals surface area contributed by atoms with Crippen molar-refractivity contribution in [2.75, 3.05) is 26.9 Å². The number of methoxy groups -OCH3 is 1. The number of imidazole rings is 1. The molecule has 0 N–H and O–H groups in total. The van der Waals surface area contributed by atoms with Crippen molar-refractivity contribution in [1.82, 2.24) is 9.55 Å². The van der Waals surface area contributed by atoms with Crippen LogP contribution in [-0.2, 0) is 21.9 Å². The number of fused-ring (bicyclic) bond motifs is 1. The number of nitrogens with zero attached hydrogens (tertiary/aromatic N) is 3. The molecule has 0 spiro atoms. The molecule has 0 aliphatic carbocycles. The van der Waals surface area contributed by atoms with Gasteiger partial charge in [-0.1, -0.05) is 6.07 Å². The molecule has 112 valence electrons. The molecule has 6 heteroatoms. The Bertz CT molecular complexity index is 634. The van der Waals surface area contributed by atoms with E-state index in [9.17, 15) is 0 Å². The number of ether oxygens (including phenoxy) is 2. The molecular formula is C15H18ClN3O2. The zero-order chi connectivity index (χ0) is 15.1. The van der Waals surface area contributed by atoms with Crippen molar-refractivity contribution in [2.24, 2.45) is 0 Å². The Balaban J connectivity index is 2.10. The van der Waals surface area contributed by atoms with Crippen molar-refractivity contribution in [1.29, 1.82) is 5.26 Å². The van der Waals surface area contributed by atoms with Gasteiger partial charge >= 0.3 is 0 Å². The Morgan fingerprint density at radius 3 is 2.90 bits per heavy atom. The van der Waals surface area contributed by atoms with Gasteiger partial charge in [0.05, 0.1) is 30.2 Å². The number of halogens is 1. The van der Waals surface area contributed by atoms with Crippen molar-refractivity contribution in [3.8, 4) is 6.07 Å². The van der Waals surface area contributed by atoms with Crippen LogP contribution in [0.15, 0.2) is 18.2 Å². The van der Waals surface area contributed by atoms with Crippen LogP contribution in [0.2, 0.25) is 0 Å². The highest BCUT2D eigenvalue weighted by Gasteiger charge is 2.12. The lowest BCUT2D eigenvalue weighted by molar-refractivity contribution is 0.0681. The second kappa shape index (κ2) is 7.99. The van der Waals surface area contributed by atoms with Crippen molar-refractivity contribution < 1.29 is 9.47 Å². The molecule has 0 bridgehead atoms. The zero-order valence-electron chi connectivity index (χ0n) is 12.0. The van der Waals surface area contributed by atoms with E-state index in [1.54, 1.807) is 13.2 Å². The quantitative estimate of drug-likeness (QED) is 0.556. The molecule has 0 saturated carbocycles. The predicted molar refractivity (Wildman–Crippen MR) is 81.3 cm³/mol. The Morgan fingerprint density at radius 2 is 2.19 bits per heavy atom. The van der Waals surface area contributed by atoms with Crippen LogP contribution in [0, 0.1) is 11.3 Å². The summed E-state index contributed by atoms with van der Waals surface area (Å²) in [5.41, 5.74) is 2.24. The second-order valence-corrected chi connectivity index (χ2v) is 4.82. The maximum atomic E-state index is 9.14. The van der Waals surface area contributed by atoms with Crippen LogP contribution in [0.3, 0.4) is 0 Å². The molecule has 0 fully saturated rings. The van der Waals surface area contributed by atoms with Crippen LogP contribution in [-0.4, -0.2) is 36.5 Å². The Hall–Kier alpha value is -1.61. The first-order valence-corrected chi connectivity index (χ1v) is 7.36. The lowest BCUT2D eigenvalue weighted by Gasteiger charge is -2.08. The molecule has 5 nitrogen and oxygen atoms in total. The lowest BCUT2D eigenvalue weighted by Crippen LogP contribution is -2.08. The average molecular weight is 308 g/mol. The van der Waals surface area contributed by atoms with Crippen molar-refractivity contribution in [3.05, 3.63) is 29.6 Å². The molecule has 1 aromatic carbocycles. The highest BCUT2D eigenvalue weighted by molar-refractivity contribution is 6.16. The average Bonchev–Trinajstić information content (AvgIpc) is 2.88. The maximum absolute atomic E-state index is 9.14. The first-order chi connectivity index (χ1) is 10.3. The molecule has 2 rings (SSSR count). The van der Waals surface area contributed by atoms with E-state index in [4.69, 9.17) is 26.3 Å². The van der Waals surface area contributed by atoms with E-state index in [1.807, 2.05) is 12.1 Å². The summed E-state index contributed by atoms with van der Waals surface area (Å²) in [5, 5.41) is 9.14. The smallest absolute Gasteiger partial charge is 0.124 e. The summed E-state index contributed by atoms with van der Waals surface area (Å²) in [4.78, 5) is 4.48. The van der Waals surface area contributed by atoms with E-state index < -0.39 is 0 Å². The van der Waals surface area contributed by atoms with Gasteiger partial charge in [-0.3, -0.25) is 0 Å². The summed E-state index contributed by atoms with van der Waals surface area (Å²) in [7, 11) is 1.65. The van der Waals surface area contributed by atoms with Gasteiger partial charge in [-0.25, -0.2) is 4.98 Å². The van der Waals surface area contributed by atoms with Crippen LogP contribution < -0.4 is 0 Å². The van der Waals surface area contributed by atoms with Crippen molar-refractivity contribution >= 4 is 22.6 Å². The van der Waals surface area contributed by atoms with Gasteiger partial charge in [0.15, 0.2) is 0 Å². The molecule has 0 unspecified atom stereocenters. The highest BCUT2D eigenvalue weighted by atomic mass is 35.5. The molecule has 1 heterocycles. The van der Waals surface area contributed by atoms with Gasteiger partial charge in [0.25, 0.3) is 0 Å². The zero-order valence-corrected chi connectivity index (χ0v) is 12.8. The monoisotopic (exact) mass is 307 g/mol. The molecule has 0 amide bonds. The number of hydrogen-bond acceptors (Lipinski definition) is 4. The summed E-state index contributed by atoms with van der Waals surface area (Å²) >= 11 is 5.97. The van der Waals surface area contributed by atoms with E-state index in [-0.39, 0.29) is 0 Å². The van der Waals surface area contributed by atoms with E-state index in [0.29, 0.717) is 31.3 Å². The number of alkyl halides is 1. The van der Waals surface area contributed by atoms with Crippen LogP contribution in [0.4, 0.5) is 0 Å². The van der Waals surface area contributed by atoms with E-state index in [1.165, 1.54) is 0 Å². The van der Waals surface area contributed by atoms with Gasteiger partial charge in [-0.15, -0.1) is 11.6 Å². The number of nitriles is 1. The molecule has 0 radical (unpaired) electrons. The number of benzene rings is 1. The van der Waals surface area contributed by atoms with E-state index in [2.05, 4.69) is 15.6 Å². The highest BCUT2D eigenvalue weighted by Crippen LogP contribution is 2.21. The number of para-hydroxylation sites is 1. The van der Waals surface area contributed by atoms with E-state index in [0.717, 1.165) is 29.8 Å². The van der Waals surface area contributed by atoms with Crippen molar-refractivity contribution in [2.45, 2.75) is 18.8 Å². The first kappa shape index (κ1) is 15.8. The molecule has 0 atom stereocenters. The Labute approximate surface area is 129 Å². The molecule has 0 aliphatic rings. The second-order valence-electron chi connectivity index (χ2n) is 4.56. The van der Waals surface area contributed by atoms with Crippen LogP contribution in [0.1, 0.15) is 17.8 Å². The van der Waals surface area contributed by atoms with Gasteiger partial charge < -0.3 is 14.0 Å². The molecule has 21 heavy (non-hydrogen) atoms. The predicted octanol–water partition coefficient (Wildman–Crippen LogP) is 2.70. The number of aryl methyl sites for hydroxylation is 1. The summed E-state index contributed by atoms with van der Waals surface area (Å²) in [5.74, 6) is 1.11. The number of aromatic nitrogens is 2. The number of rotatable bonds is 8. The maximum Gasteiger partial charge on any atom is 0.124 e. The number of hydrogen-bond donors (Lipinski definition) is 0. The van der Waals surface area contributed by atoms with Crippen LogP contribution >= 0.6 is 11.6 Å². The van der Waals surface area contributed by atoms with Gasteiger partial charge in [-0.2, -0.15) is 5.26 Å². The minimum Gasteiger partial charge on any atom is -0.382 e. The topological polar surface area (TPSA) is 60.1 Å². The summed E-state index contributed by atoms with van der Waals surface area (Å²) in [6.45, 7) is 2.62. The first-order valence-electron chi connectivity index (χ1n) is 6.82. The molecule has 2 aromatic rings. The fourth-order valence-corrected chi connectivity index (χ4v) is 2.41. The summed E-state index contributed by atoms with van der Waals surface area (Å²) in [6.07, 6.45) is 0.857. The minimum absolute atomic E-state index is 0.323. The third kappa shape index (κ3) is 3.73. The Kier molecular flexibility index (Phi) is 6.00. The molecular weight excluding hydrogens is 290 g/mol. The fraction of sp³-hybridized carbons (Fsp3) is 0.467. The van der Waals surface area contributed by atoms with Gasteiger partial charge in [-0.05, 0) is 18.6 Å². The van der Waals surface area contributed by atoms with Gasteiger partial charge in [0.2, 0.25) is 0 Å². The van der Waals surface area contributed by atoms with Crippen LogP contribution in [0.5, 0.6) is 0 Å². The summed E-state index contributed by atoms with van der Waals surface area (Å²) in [6, 6.07) is 7.77. The third-order valence-corrected chi connectivity index (χ3v) is 3.44. The van der Waals surface area contributed by atoms with Gasteiger partial charge in [0, 0.05) is 20.3 Å². The normalized spacial score (nSPS) is 10.9. The van der Waals surface area contributed by atoms with Gasteiger partial charge in [0.1, 0.15) is 17.4 Å².